The van der Waals surface area contributed by atoms with E-state index in [0.717, 1.165) is 31.2 Å². The van der Waals surface area contributed by atoms with E-state index in [1.807, 2.05) is 13.8 Å². The molecule has 0 aromatic carbocycles. The third-order valence-corrected chi connectivity index (χ3v) is 5.97. The zero-order valence-corrected chi connectivity index (χ0v) is 18.6. The molecule has 1 heterocycles. The second kappa shape index (κ2) is 10.3. The van der Waals surface area contributed by atoms with Gasteiger partial charge in [-0.2, -0.15) is 0 Å². The van der Waals surface area contributed by atoms with Crippen LogP contribution in [0.15, 0.2) is 6.20 Å². The maximum atomic E-state index is 13.1. The van der Waals surface area contributed by atoms with E-state index in [1.165, 1.54) is 0 Å². The van der Waals surface area contributed by atoms with Crippen molar-refractivity contribution < 1.29 is 14.3 Å². The lowest BCUT2D eigenvalue weighted by Gasteiger charge is -2.37. The van der Waals surface area contributed by atoms with E-state index in [1.54, 1.807) is 6.20 Å². The first-order valence-electron chi connectivity index (χ1n) is 10.5. The molecule has 1 aliphatic rings. The predicted molar refractivity (Wildman–Crippen MR) is 114 cm³/mol. The summed E-state index contributed by atoms with van der Waals surface area (Å²) in [7, 11) is 0. The number of nitrogens with one attached hydrogen (secondary N) is 2. The fourth-order valence-corrected chi connectivity index (χ4v) is 4.59. The van der Waals surface area contributed by atoms with Gasteiger partial charge < -0.3 is 15.0 Å². The van der Waals surface area contributed by atoms with Crippen molar-refractivity contribution in [2.45, 2.75) is 78.7 Å². The van der Waals surface area contributed by atoms with Crippen LogP contribution in [0.4, 0.5) is 5.82 Å². The van der Waals surface area contributed by atoms with E-state index in [9.17, 15) is 9.59 Å². The van der Waals surface area contributed by atoms with Crippen molar-refractivity contribution in [3.05, 3.63) is 17.3 Å². The summed E-state index contributed by atoms with van der Waals surface area (Å²) in [5, 5.41) is 2.85. The molecule has 1 aliphatic carbocycles. The average molecular weight is 411 g/mol. The van der Waals surface area contributed by atoms with Gasteiger partial charge in [-0.3, -0.25) is 4.79 Å². The fourth-order valence-electron chi connectivity index (χ4n) is 4.40. The summed E-state index contributed by atoms with van der Waals surface area (Å²) >= 11 is 5.68. The molecule has 0 aliphatic heterocycles. The van der Waals surface area contributed by atoms with Gasteiger partial charge in [-0.05, 0) is 54.9 Å². The standard InChI is InChI=1S/C22H35ClN2O3/c1-13(2)17-12-24-21(25-18(26)8-6-7-9-23)19(17)22(27)28-20-15(4)10-14(3)11-16(20)5/h12-16,20,24H,6-11H2,1-5H3,(H,25,26). The van der Waals surface area contributed by atoms with E-state index in [0.29, 0.717) is 41.4 Å². The molecule has 0 radical (unpaired) electrons. The lowest BCUT2D eigenvalue weighted by molar-refractivity contribution is -0.116. The molecule has 0 spiro atoms. The highest BCUT2D eigenvalue weighted by atomic mass is 35.5. The van der Waals surface area contributed by atoms with Crippen molar-refractivity contribution >= 4 is 29.3 Å². The number of H-pyrrole nitrogens is 1. The average Bonchev–Trinajstić information content (AvgIpc) is 3.02. The normalized spacial score (nSPS) is 25.0. The number of hydrogen-bond acceptors (Lipinski definition) is 3. The minimum absolute atomic E-state index is 0.0918. The number of esters is 1. The van der Waals surface area contributed by atoms with E-state index in [4.69, 9.17) is 16.3 Å². The Bertz CT molecular complexity index is 659. The zero-order chi connectivity index (χ0) is 20.8. The highest BCUT2D eigenvalue weighted by Gasteiger charge is 2.35. The topological polar surface area (TPSA) is 71.2 Å². The molecule has 6 heteroatoms. The highest BCUT2D eigenvalue weighted by Crippen LogP contribution is 2.36. The molecule has 2 unspecified atom stereocenters. The number of halogens is 1. The van der Waals surface area contributed by atoms with Gasteiger partial charge in [0.05, 0.1) is 0 Å². The molecule has 1 aromatic rings. The number of unbranched alkanes of at least 4 members (excludes halogenated alkanes) is 1. The summed E-state index contributed by atoms with van der Waals surface area (Å²) in [6.45, 7) is 10.6. The monoisotopic (exact) mass is 410 g/mol. The van der Waals surface area contributed by atoms with Crippen molar-refractivity contribution in [1.82, 2.24) is 4.98 Å². The van der Waals surface area contributed by atoms with Crippen LogP contribution >= 0.6 is 11.6 Å². The van der Waals surface area contributed by atoms with Gasteiger partial charge in [-0.1, -0.05) is 34.6 Å². The summed E-state index contributed by atoms with van der Waals surface area (Å²) in [5.74, 6) is 1.97. The number of alkyl halides is 1. The maximum Gasteiger partial charge on any atom is 0.342 e. The summed E-state index contributed by atoms with van der Waals surface area (Å²) in [5.41, 5.74) is 1.32. The predicted octanol–water partition coefficient (Wildman–Crippen LogP) is 5.71. The van der Waals surface area contributed by atoms with Gasteiger partial charge >= 0.3 is 5.97 Å². The van der Waals surface area contributed by atoms with Gasteiger partial charge in [-0.25, -0.2) is 4.79 Å². The van der Waals surface area contributed by atoms with Crippen LogP contribution in [0.3, 0.4) is 0 Å². The Morgan fingerprint density at radius 1 is 1.21 bits per heavy atom. The van der Waals surface area contributed by atoms with Crippen LogP contribution in [0.25, 0.3) is 0 Å². The van der Waals surface area contributed by atoms with Gasteiger partial charge in [0.2, 0.25) is 5.91 Å². The second-order valence-corrected chi connectivity index (χ2v) is 9.12. The van der Waals surface area contributed by atoms with Gasteiger partial charge in [0, 0.05) is 18.5 Å². The Balaban J connectivity index is 2.16. The number of carbonyl (C=O) groups excluding carboxylic acids is 2. The quantitative estimate of drug-likeness (QED) is 0.327. The summed E-state index contributed by atoms with van der Waals surface area (Å²) in [4.78, 5) is 28.4. The third kappa shape index (κ3) is 5.76. The van der Waals surface area contributed by atoms with Gasteiger partial charge in [0.25, 0.3) is 0 Å². The van der Waals surface area contributed by atoms with Gasteiger partial charge in [0.1, 0.15) is 17.5 Å². The van der Waals surface area contributed by atoms with Crippen LogP contribution in [0.2, 0.25) is 0 Å². The number of rotatable bonds is 8. The Morgan fingerprint density at radius 2 is 1.86 bits per heavy atom. The molecule has 0 saturated heterocycles. The number of amides is 1. The van der Waals surface area contributed by atoms with Crippen LogP contribution in [-0.2, 0) is 9.53 Å². The van der Waals surface area contributed by atoms with Crippen LogP contribution in [0.5, 0.6) is 0 Å². The first-order chi connectivity index (χ1) is 13.2. The number of ether oxygens (including phenoxy) is 1. The molecule has 1 amide bonds. The van der Waals surface area contributed by atoms with E-state index < -0.39 is 0 Å². The van der Waals surface area contributed by atoms with Crippen LogP contribution in [-0.4, -0.2) is 28.8 Å². The van der Waals surface area contributed by atoms with Gasteiger partial charge in [0.15, 0.2) is 0 Å². The highest BCUT2D eigenvalue weighted by molar-refractivity contribution is 6.17. The van der Waals surface area contributed by atoms with Crippen LogP contribution in [0.1, 0.15) is 88.6 Å². The van der Waals surface area contributed by atoms with Crippen molar-refractivity contribution in [3.8, 4) is 0 Å². The molecule has 1 aromatic heterocycles. The molecule has 2 N–H and O–H groups in total. The molecule has 2 rings (SSSR count). The summed E-state index contributed by atoms with van der Waals surface area (Å²) in [6.07, 6.45) is 5.74. The molecule has 158 valence electrons. The maximum absolute atomic E-state index is 13.1. The number of anilines is 1. The molecular weight excluding hydrogens is 376 g/mol. The molecule has 1 fully saturated rings. The number of aromatic nitrogens is 1. The second-order valence-electron chi connectivity index (χ2n) is 8.74. The minimum atomic E-state index is -0.348. The Kier molecular flexibility index (Phi) is 8.41. The summed E-state index contributed by atoms with van der Waals surface area (Å²) < 4.78 is 5.99. The van der Waals surface area contributed by atoms with Crippen molar-refractivity contribution in [3.63, 3.8) is 0 Å². The molecule has 0 bridgehead atoms. The fraction of sp³-hybridized carbons (Fsp3) is 0.727. The largest absolute Gasteiger partial charge is 0.458 e. The van der Waals surface area contributed by atoms with Crippen LogP contribution < -0.4 is 5.32 Å². The van der Waals surface area contributed by atoms with E-state index >= 15 is 0 Å². The van der Waals surface area contributed by atoms with E-state index in [2.05, 4.69) is 31.1 Å². The lowest BCUT2D eigenvalue weighted by Crippen LogP contribution is -2.37. The Hall–Kier alpha value is -1.49. The first-order valence-corrected chi connectivity index (χ1v) is 11.1. The van der Waals surface area contributed by atoms with Crippen molar-refractivity contribution in [2.24, 2.45) is 17.8 Å². The molecule has 5 nitrogen and oxygen atoms in total. The lowest BCUT2D eigenvalue weighted by atomic mass is 9.75. The number of hydrogen-bond donors (Lipinski definition) is 2. The Labute approximate surface area is 173 Å². The van der Waals surface area contributed by atoms with Crippen molar-refractivity contribution in [2.75, 3.05) is 11.2 Å². The molecule has 2 atom stereocenters. The number of aromatic amines is 1. The molecule has 1 saturated carbocycles. The van der Waals surface area contributed by atoms with Crippen molar-refractivity contribution in [1.29, 1.82) is 0 Å². The smallest absolute Gasteiger partial charge is 0.342 e. The van der Waals surface area contributed by atoms with Gasteiger partial charge in [-0.15, -0.1) is 11.6 Å². The number of carbonyl (C=O) groups is 2. The Morgan fingerprint density at radius 3 is 2.43 bits per heavy atom. The SMILES string of the molecule is CC1CC(C)C(OC(=O)c2c(C(C)C)c[nH]c2NC(=O)CCCCCl)C(C)C1. The zero-order valence-electron chi connectivity index (χ0n) is 17.8. The first kappa shape index (κ1) is 22.8. The molecular formula is C22H35ClN2O3. The minimum Gasteiger partial charge on any atom is -0.458 e. The van der Waals surface area contributed by atoms with E-state index in [-0.39, 0.29) is 23.9 Å². The third-order valence-electron chi connectivity index (χ3n) is 5.70. The summed E-state index contributed by atoms with van der Waals surface area (Å²) in [6, 6.07) is 0. The van der Waals surface area contributed by atoms with Crippen LogP contribution in [0, 0.1) is 17.8 Å². The molecule has 28 heavy (non-hydrogen) atoms.